The Balaban J connectivity index is 2.01. The molecule has 0 aromatic carbocycles. The van der Waals surface area contributed by atoms with Gasteiger partial charge in [-0.25, -0.2) is 0 Å². The van der Waals surface area contributed by atoms with Crippen LogP contribution in [0.3, 0.4) is 0 Å². The Hall–Kier alpha value is -0.610. The second-order valence-corrected chi connectivity index (χ2v) is 5.97. The molecule has 2 rings (SSSR count). The zero-order valence-corrected chi connectivity index (χ0v) is 11.8. The lowest BCUT2D eigenvalue weighted by molar-refractivity contribution is -0.139. The molecule has 1 aliphatic carbocycles. The summed E-state index contributed by atoms with van der Waals surface area (Å²) >= 11 is 0. The molecule has 18 heavy (non-hydrogen) atoms. The molecule has 0 radical (unpaired) electrons. The highest BCUT2D eigenvalue weighted by Crippen LogP contribution is 2.30. The molecule has 5 atom stereocenters. The third-order valence-electron chi connectivity index (χ3n) is 4.79. The van der Waals surface area contributed by atoms with Crippen LogP contribution in [0.15, 0.2) is 0 Å². The van der Waals surface area contributed by atoms with Gasteiger partial charge in [-0.3, -0.25) is 4.79 Å². The van der Waals surface area contributed by atoms with E-state index in [0.717, 1.165) is 32.3 Å². The minimum absolute atomic E-state index is 0.00606. The van der Waals surface area contributed by atoms with E-state index in [1.54, 1.807) is 0 Å². The molecule has 1 aliphatic heterocycles. The third kappa shape index (κ3) is 2.54. The predicted molar refractivity (Wildman–Crippen MR) is 71.1 cm³/mol. The summed E-state index contributed by atoms with van der Waals surface area (Å²) < 4.78 is 5.55. The summed E-state index contributed by atoms with van der Waals surface area (Å²) in [5.41, 5.74) is 6.22. The van der Waals surface area contributed by atoms with Crippen LogP contribution < -0.4 is 5.73 Å². The number of ether oxygens (including phenoxy) is 1. The first kappa shape index (κ1) is 13.8. The Morgan fingerprint density at radius 3 is 2.61 bits per heavy atom. The lowest BCUT2D eigenvalue weighted by Crippen LogP contribution is -2.51. The molecule has 2 fully saturated rings. The Labute approximate surface area is 110 Å². The fourth-order valence-corrected chi connectivity index (χ4v) is 3.38. The molecule has 2 aliphatic rings. The van der Waals surface area contributed by atoms with Crippen molar-refractivity contribution in [3.8, 4) is 0 Å². The maximum Gasteiger partial charge on any atom is 0.227 e. The van der Waals surface area contributed by atoms with E-state index in [9.17, 15) is 4.79 Å². The number of nitrogens with zero attached hydrogens (tertiary/aromatic N) is 1. The molecular weight excluding hydrogens is 228 g/mol. The van der Waals surface area contributed by atoms with E-state index >= 15 is 0 Å². The fraction of sp³-hybridized carbons (Fsp3) is 0.929. The molecule has 1 amide bonds. The molecule has 1 saturated carbocycles. The van der Waals surface area contributed by atoms with Gasteiger partial charge in [0.15, 0.2) is 0 Å². The Morgan fingerprint density at radius 1 is 1.28 bits per heavy atom. The van der Waals surface area contributed by atoms with Gasteiger partial charge in [0.25, 0.3) is 0 Å². The molecule has 5 unspecified atom stereocenters. The van der Waals surface area contributed by atoms with Crippen molar-refractivity contribution in [1.29, 1.82) is 0 Å². The van der Waals surface area contributed by atoms with Crippen LogP contribution >= 0.6 is 0 Å². The number of carbonyl (C=O) groups is 1. The molecule has 104 valence electrons. The first-order chi connectivity index (χ1) is 8.52. The van der Waals surface area contributed by atoms with E-state index in [-0.39, 0.29) is 30.0 Å². The molecule has 1 heterocycles. The maximum absolute atomic E-state index is 12.6. The number of rotatable bonds is 2. The monoisotopic (exact) mass is 254 g/mol. The van der Waals surface area contributed by atoms with Crippen LogP contribution in [0.1, 0.15) is 39.5 Å². The van der Waals surface area contributed by atoms with Crippen LogP contribution in [0.25, 0.3) is 0 Å². The second kappa shape index (κ2) is 5.57. The van der Waals surface area contributed by atoms with Crippen molar-refractivity contribution in [2.75, 3.05) is 13.7 Å². The Morgan fingerprint density at radius 2 is 2.00 bits per heavy atom. The predicted octanol–water partition coefficient (Wildman–Crippen LogP) is 1.39. The van der Waals surface area contributed by atoms with Crippen LogP contribution in [-0.2, 0) is 9.53 Å². The average Bonchev–Trinajstić information content (AvgIpc) is 2.77. The third-order valence-corrected chi connectivity index (χ3v) is 4.79. The average molecular weight is 254 g/mol. The first-order valence-electron chi connectivity index (χ1n) is 7.16. The maximum atomic E-state index is 12.6. The Bertz CT molecular complexity index is 308. The minimum atomic E-state index is 0.00606. The van der Waals surface area contributed by atoms with E-state index < -0.39 is 0 Å². The van der Waals surface area contributed by atoms with Crippen LogP contribution in [-0.4, -0.2) is 42.6 Å². The largest absolute Gasteiger partial charge is 0.376 e. The second-order valence-electron chi connectivity index (χ2n) is 5.97. The first-order valence-corrected chi connectivity index (χ1v) is 7.16. The fourth-order valence-electron chi connectivity index (χ4n) is 3.38. The lowest BCUT2D eigenvalue weighted by Gasteiger charge is -2.37. The molecule has 1 saturated heterocycles. The summed E-state index contributed by atoms with van der Waals surface area (Å²) in [5, 5.41) is 0. The van der Waals surface area contributed by atoms with Crippen LogP contribution in [0.2, 0.25) is 0 Å². The molecule has 2 N–H and O–H groups in total. The van der Waals surface area contributed by atoms with Gasteiger partial charge < -0.3 is 15.4 Å². The Kier molecular flexibility index (Phi) is 4.28. The lowest BCUT2D eigenvalue weighted by atomic mass is 9.77. The summed E-state index contributed by atoms with van der Waals surface area (Å²) in [7, 11) is 1.91. The van der Waals surface area contributed by atoms with Crippen molar-refractivity contribution in [2.45, 2.75) is 57.7 Å². The SMILES string of the molecule is CC1CCCC(C(=O)N(C)C2CCOC2C)C1N. The van der Waals surface area contributed by atoms with E-state index in [2.05, 4.69) is 6.92 Å². The van der Waals surface area contributed by atoms with Crippen LogP contribution in [0.4, 0.5) is 0 Å². The summed E-state index contributed by atoms with van der Waals surface area (Å²) in [4.78, 5) is 14.5. The van der Waals surface area contributed by atoms with E-state index in [0.29, 0.717) is 5.92 Å². The normalized spacial score (nSPS) is 40.8. The van der Waals surface area contributed by atoms with Crippen molar-refractivity contribution in [2.24, 2.45) is 17.6 Å². The van der Waals surface area contributed by atoms with Crippen molar-refractivity contribution < 1.29 is 9.53 Å². The number of hydrogen-bond donors (Lipinski definition) is 1. The quantitative estimate of drug-likeness (QED) is 0.810. The zero-order valence-electron chi connectivity index (χ0n) is 11.8. The van der Waals surface area contributed by atoms with Gasteiger partial charge in [-0.1, -0.05) is 13.3 Å². The zero-order chi connectivity index (χ0) is 13.3. The number of nitrogens with two attached hydrogens (primary N) is 1. The molecule has 0 aromatic heterocycles. The van der Waals surface area contributed by atoms with Gasteiger partial charge >= 0.3 is 0 Å². The highest BCUT2D eigenvalue weighted by Gasteiger charge is 2.38. The van der Waals surface area contributed by atoms with Gasteiger partial charge in [0.2, 0.25) is 5.91 Å². The van der Waals surface area contributed by atoms with Gasteiger partial charge in [0.1, 0.15) is 0 Å². The molecule has 4 heteroatoms. The van der Waals surface area contributed by atoms with Gasteiger partial charge in [-0.15, -0.1) is 0 Å². The highest BCUT2D eigenvalue weighted by molar-refractivity contribution is 5.80. The van der Waals surface area contributed by atoms with Gasteiger partial charge in [-0.2, -0.15) is 0 Å². The summed E-state index contributed by atoms with van der Waals surface area (Å²) in [6, 6.07) is 0.244. The standard InChI is InChI=1S/C14H26N2O2/c1-9-5-4-6-11(13(9)15)14(17)16(3)12-7-8-18-10(12)2/h9-13H,4-8,15H2,1-3H3. The minimum Gasteiger partial charge on any atom is -0.376 e. The number of hydrogen-bond acceptors (Lipinski definition) is 3. The smallest absolute Gasteiger partial charge is 0.227 e. The molecule has 4 nitrogen and oxygen atoms in total. The van der Waals surface area contributed by atoms with Gasteiger partial charge in [0, 0.05) is 19.7 Å². The van der Waals surface area contributed by atoms with E-state index in [1.165, 1.54) is 0 Å². The highest BCUT2D eigenvalue weighted by atomic mass is 16.5. The van der Waals surface area contributed by atoms with Crippen LogP contribution in [0, 0.1) is 11.8 Å². The summed E-state index contributed by atoms with van der Waals surface area (Å²) in [5.74, 6) is 0.682. The van der Waals surface area contributed by atoms with Crippen molar-refractivity contribution in [3.05, 3.63) is 0 Å². The van der Waals surface area contributed by atoms with E-state index in [1.807, 2.05) is 18.9 Å². The van der Waals surface area contributed by atoms with Crippen LogP contribution in [0.5, 0.6) is 0 Å². The number of carbonyl (C=O) groups excluding carboxylic acids is 1. The molecule has 0 bridgehead atoms. The van der Waals surface area contributed by atoms with Gasteiger partial charge in [-0.05, 0) is 32.1 Å². The van der Waals surface area contributed by atoms with E-state index in [4.69, 9.17) is 10.5 Å². The van der Waals surface area contributed by atoms with Crippen molar-refractivity contribution in [1.82, 2.24) is 4.90 Å². The molecule has 0 aromatic rings. The topological polar surface area (TPSA) is 55.6 Å². The van der Waals surface area contributed by atoms with Gasteiger partial charge in [0.05, 0.1) is 18.1 Å². The molecular formula is C14H26N2O2. The summed E-state index contributed by atoms with van der Waals surface area (Å²) in [6.45, 7) is 4.97. The van der Waals surface area contributed by atoms with Crippen molar-refractivity contribution in [3.63, 3.8) is 0 Å². The molecule has 0 spiro atoms. The number of likely N-dealkylation sites (N-methyl/N-ethyl adjacent to an activating group) is 1. The van der Waals surface area contributed by atoms with Crippen molar-refractivity contribution >= 4 is 5.91 Å². The summed E-state index contributed by atoms with van der Waals surface area (Å²) in [6.07, 6.45) is 4.31. The number of amides is 1.